The Morgan fingerprint density at radius 2 is 2.20 bits per heavy atom. The van der Waals surface area contributed by atoms with Crippen LogP contribution in [0.15, 0.2) is 24.3 Å². The van der Waals surface area contributed by atoms with Crippen molar-refractivity contribution in [3.63, 3.8) is 0 Å². The second-order valence-corrected chi connectivity index (χ2v) is 3.78. The van der Waals surface area contributed by atoms with E-state index in [2.05, 4.69) is 5.32 Å². The molecular weight excluding hydrogens is 217 g/mol. The highest BCUT2D eigenvalue weighted by atomic mass is 35.5. The molecule has 2 rings (SSSR count). The van der Waals surface area contributed by atoms with Crippen molar-refractivity contribution in [3.8, 4) is 5.75 Å². The van der Waals surface area contributed by atoms with Crippen LogP contribution in [0.4, 0.5) is 4.39 Å². The van der Waals surface area contributed by atoms with Gasteiger partial charge in [-0.15, -0.1) is 12.4 Å². The molecule has 0 radical (unpaired) electrons. The molecule has 0 unspecified atom stereocenters. The van der Waals surface area contributed by atoms with Crippen molar-refractivity contribution in [2.24, 2.45) is 0 Å². The van der Waals surface area contributed by atoms with Gasteiger partial charge in [-0.1, -0.05) is 6.07 Å². The molecule has 0 saturated heterocycles. The van der Waals surface area contributed by atoms with Gasteiger partial charge in [0.2, 0.25) is 0 Å². The number of rotatable bonds is 4. The standard InChI is InChI=1S/C11H14FNO.ClH/c1-13-11(5-6-11)8-14-10-4-2-3-9(12)7-10;/h2-4,7,13H,5-6,8H2,1H3;1H. The minimum absolute atomic E-state index is 0. The minimum Gasteiger partial charge on any atom is -0.492 e. The fraction of sp³-hybridized carbons (Fsp3) is 0.455. The maximum Gasteiger partial charge on any atom is 0.126 e. The maximum atomic E-state index is 12.8. The molecule has 0 amide bonds. The first kappa shape index (κ1) is 12.3. The fourth-order valence-electron chi connectivity index (χ4n) is 1.40. The topological polar surface area (TPSA) is 21.3 Å². The van der Waals surface area contributed by atoms with E-state index in [1.54, 1.807) is 12.1 Å². The molecular formula is C11H15ClFNO. The highest BCUT2D eigenvalue weighted by Crippen LogP contribution is 2.35. The summed E-state index contributed by atoms with van der Waals surface area (Å²) in [6.45, 7) is 0.618. The molecule has 1 saturated carbocycles. The molecule has 0 heterocycles. The first-order chi connectivity index (χ1) is 6.74. The number of halogens is 2. The normalized spacial score (nSPS) is 16.7. The van der Waals surface area contributed by atoms with Crippen LogP contribution in [0.3, 0.4) is 0 Å². The van der Waals surface area contributed by atoms with Gasteiger partial charge >= 0.3 is 0 Å². The Morgan fingerprint density at radius 1 is 1.47 bits per heavy atom. The molecule has 1 N–H and O–H groups in total. The Bertz CT molecular complexity index is 328. The van der Waals surface area contributed by atoms with Crippen molar-refractivity contribution < 1.29 is 9.13 Å². The van der Waals surface area contributed by atoms with E-state index in [-0.39, 0.29) is 23.8 Å². The zero-order chi connectivity index (χ0) is 10.0. The Kier molecular flexibility index (Phi) is 3.94. The van der Waals surface area contributed by atoms with Crippen molar-refractivity contribution in [2.45, 2.75) is 18.4 Å². The summed E-state index contributed by atoms with van der Waals surface area (Å²) in [7, 11) is 1.93. The predicted octanol–water partition coefficient (Wildman–Crippen LogP) is 2.38. The van der Waals surface area contributed by atoms with E-state index in [1.165, 1.54) is 12.1 Å². The number of nitrogens with one attached hydrogen (secondary N) is 1. The predicted molar refractivity (Wildman–Crippen MR) is 60.2 cm³/mol. The van der Waals surface area contributed by atoms with E-state index in [0.29, 0.717) is 12.4 Å². The second-order valence-electron chi connectivity index (χ2n) is 3.78. The van der Waals surface area contributed by atoms with Crippen LogP contribution < -0.4 is 10.1 Å². The molecule has 0 spiro atoms. The molecule has 0 aliphatic heterocycles. The van der Waals surface area contributed by atoms with Gasteiger partial charge in [-0.05, 0) is 32.0 Å². The Hall–Kier alpha value is -0.800. The number of ether oxygens (including phenoxy) is 1. The lowest BCUT2D eigenvalue weighted by Gasteiger charge is -2.14. The molecule has 1 aromatic rings. The van der Waals surface area contributed by atoms with E-state index in [9.17, 15) is 4.39 Å². The monoisotopic (exact) mass is 231 g/mol. The van der Waals surface area contributed by atoms with E-state index < -0.39 is 0 Å². The minimum atomic E-state index is -0.253. The summed E-state index contributed by atoms with van der Waals surface area (Å²) in [5, 5.41) is 3.22. The van der Waals surface area contributed by atoms with Gasteiger partial charge in [0.1, 0.15) is 18.2 Å². The molecule has 0 aromatic heterocycles. The zero-order valence-corrected chi connectivity index (χ0v) is 9.44. The summed E-state index contributed by atoms with van der Waals surface area (Å²) in [6, 6.07) is 6.25. The van der Waals surface area contributed by atoms with E-state index in [1.807, 2.05) is 7.05 Å². The van der Waals surface area contributed by atoms with Crippen molar-refractivity contribution in [2.75, 3.05) is 13.7 Å². The Labute approximate surface area is 95.2 Å². The molecule has 4 heteroatoms. The molecule has 2 nitrogen and oxygen atoms in total. The highest BCUT2D eigenvalue weighted by Gasteiger charge is 2.41. The molecule has 0 atom stereocenters. The summed E-state index contributed by atoms with van der Waals surface area (Å²) < 4.78 is 18.3. The second kappa shape index (κ2) is 4.81. The van der Waals surface area contributed by atoms with Crippen LogP contribution in [-0.4, -0.2) is 19.2 Å². The summed E-state index contributed by atoms with van der Waals surface area (Å²) in [6.07, 6.45) is 2.28. The van der Waals surface area contributed by atoms with Gasteiger partial charge in [0, 0.05) is 6.07 Å². The first-order valence-corrected chi connectivity index (χ1v) is 4.81. The first-order valence-electron chi connectivity index (χ1n) is 4.81. The lowest BCUT2D eigenvalue weighted by atomic mass is 10.3. The Balaban J connectivity index is 0.00000112. The van der Waals surface area contributed by atoms with Crippen LogP contribution in [0.25, 0.3) is 0 Å². The summed E-state index contributed by atoms with van der Waals surface area (Å²) in [5.41, 5.74) is 0.145. The SMILES string of the molecule is CNC1(COc2cccc(F)c2)CC1.Cl. The van der Waals surface area contributed by atoms with Crippen LogP contribution >= 0.6 is 12.4 Å². The van der Waals surface area contributed by atoms with Gasteiger partial charge in [0.15, 0.2) is 0 Å². The number of benzene rings is 1. The van der Waals surface area contributed by atoms with E-state index >= 15 is 0 Å². The van der Waals surface area contributed by atoms with Crippen LogP contribution in [0.5, 0.6) is 5.75 Å². The van der Waals surface area contributed by atoms with Crippen LogP contribution in [0.2, 0.25) is 0 Å². The summed E-state index contributed by atoms with van der Waals surface area (Å²) >= 11 is 0. The average Bonchev–Trinajstić information content (AvgIpc) is 2.96. The fourth-order valence-corrected chi connectivity index (χ4v) is 1.40. The van der Waals surface area contributed by atoms with Crippen molar-refractivity contribution >= 4 is 12.4 Å². The van der Waals surface area contributed by atoms with Crippen LogP contribution in [0.1, 0.15) is 12.8 Å². The molecule has 1 fully saturated rings. The van der Waals surface area contributed by atoms with Gasteiger partial charge in [-0.25, -0.2) is 4.39 Å². The van der Waals surface area contributed by atoms with Crippen molar-refractivity contribution in [1.29, 1.82) is 0 Å². The molecule has 15 heavy (non-hydrogen) atoms. The van der Waals surface area contributed by atoms with Gasteiger partial charge in [0.25, 0.3) is 0 Å². The van der Waals surface area contributed by atoms with Gasteiger partial charge in [-0.2, -0.15) is 0 Å². The van der Waals surface area contributed by atoms with Crippen molar-refractivity contribution in [3.05, 3.63) is 30.1 Å². The molecule has 1 aliphatic carbocycles. The Morgan fingerprint density at radius 3 is 2.73 bits per heavy atom. The molecule has 1 aromatic carbocycles. The lowest BCUT2D eigenvalue weighted by molar-refractivity contribution is 0.258. The van der Waals surface area contributed by atoms with E-state index in [0.717, 1.165) is 12.8 Å². The van der Waals surface area contributed by atoms with Crippen LogP contribution in [-0.2, 0) is 0 Å². The maximum absolute atomic E-state index is 12.8. The van der Waals surface area contributed by atoms with Gasteiger partial charge in [-0.3, -0.25) is 0 Å². The quantitative estimate of drug-likeness (QED) is 0.859. The smallest absolute Gasteiger partial charge is 0.126 e. The zero-order valence-electron chi connectivity index (χ0n) is 8.63. The highest BCUT2D eigenvalue weighted by molar-refractivity contribution is 5.85. The molecule has 0 bridgehead atoms. The van der Waals surface area contributed by atoms with Crippen LogP contribution in [0, 0.1) is 5.82 Å². The third-order valence-electron chi connectivity index (χ3n) is 2.70. The summed E-state index contributed by atoms with van der Waals surface area (Å²) in [5.74, 6) is 0.350. The average molecular weight is 232 g/mol. The number of hydrogen-bond donors (Lipinski definition) is 1. The third kappa shape index (κ3) is 3.08. The number of hydrogen-bond acceptors (Lipinski definition) is 2. The van der Waals surface area contributed by atoms with Gasteiger partial charge in [0.05, 0.1) is 5.54 Å². The van der Waals surface area contributed by atoms with Gasteiger partial charge < -0.3 is 10.1 Å². The largest absolute Gasteiger partial charge is 0.492 e. The third-order valence-corrected chi connectivity index (χ3v) is 2.70. The van der Waals surface area contributed by atoms with Crippen molar-refractivity contribution in [1.82, 2.24) is 5.32 Å². The lowest BCUT2D eigenvalue weighted by Crippen LogP contribution is -2.33. The summed E-state index contributed by atoms with van der Waals surface area (Å²) in [4.78, 5) is 0. The van der Waals surface area contributed by atoms with E-state index in [4.69, 9.17) is 4.74 Å². The number of likely N-dealkylation sites (N-methyl/N-ethyl adjacent to an activating group) is 1. The molecule has 84 valence electrons. The molecule has 1 aliphatic rings.